The van der Waals surface area contributed by atoms with Crippen LogP contribution in [0.1, 0.15) is 17.2 Å². The molecule has 22 heavy (non-hydrogen) atoms. The van der Waals surface area contributed by atoms with E-state index in [4.69, 9.17) is 0 Å². The Labute approximate surface area is 121 Å². The number of alkyl halides is 3. The average molecular weight is 322 g/mol. The van der Waals surface area contributed by atoms with E-state index in [0.717, 1.165) is 14.2 Å². The van der Waals surface area contributed by atoms with Crippen molar-refractivity contribution in [3.63, 3.8) is 0 Å². The third-order valence-corrected chi connectivity index (χ3v) is 2.57. The molecule has 0 aliphatic rings. The molecule has 0 aromatic carbocycles. The third kappa shape index (κ3) is 3.48. The first kappa shape index (κ1) is 17.3. The lowest BCUT2D eigenvalue weighted by Gasteiger charge is -2.16. The van der Waals surface area contributed by atoms with Gasteiger partial charge in [-0.25, -0.2) is 0 Å². The molecule has 0 fully saturated rings. The van der Waals surface area contributed by atoms with Crippen molar-refractivity contribution >= 4 is 17.6 Å². The number of nitro groups is 1. The van der Waals surface area contributed by atoms with Gasteiger partial charge in [-0.3, -0.25) is 24.7 Å². The molecule has 0 radical (unpaired) electrons. The number of hydrogen-bond donors (Lipinski definition) is 0. The summed E-state index contributed by atoms with van der Waals surface area (Å²) < 4.78 is 47.6. The summed E-state index contributed by atoms with van der Waals surface area (Å²) in [4.78, 5) is 35.8. The molecule has 11 heteroatoms. The first-order valence-electron chi connectivity index (χ1n) is 5.50. The molecule has 1 aromatic rings. The Kier molecular flexibility index (Phi) is 5.02. The molecule has 1 heterocycles. The number of ether oxygens (including phenoxy) is 2. The summed E-state index contributed by atoms with van der Waals surface area (Å²) in [6, 6.07) is 0.182. The van der Waals surface area contributed by atoms with Gasteiger partial charge in [0.1, 0.15) is 6.20 Å². The molecule has 8 nitrogen and oxygen atoms in total. The molecule has 0 spiro atoms. The zero-order valence-electron chi connectivity index (χ0n) is 11.2. The van der Waals surface area contributed by atoms with Gasteiger partial charge in [0.25, 0.3) is 5.69 Å². The molecule has 0 amide bonds. The van der Waals surface area contributed by atoms with E-state index in [1.807, 2.05) is 0 Å². The lowest BCUT2D eigenvalue weighted by atomic mass is 9.99. The molecular weight excluding hydrogens is 313 g/mol. The van der Waals surface area contributed by atoms with Crippen LogP contribution in [0, 0.1) is 10.1 Å². The van der Waals surface area contributed by atoms with Gasteiger partial charge in [0, 0.05) is 6.07 Å². The Bertz CT molecular complexity index is 600. The second kappa shape index (κ2) is 6.37. The molecule has 0 saturated carbocycles. The number of carbonyl (C=O) groups excluding carboxylic acids is 2. The summed E-state index contributed by atoms with van der Waals surface area (Å²) in [5.74, 6) is -4.77. The van der Waals surface area contributed by atoms with Crippen molar-refractivity contribution in [2.24, 2.45) is 0 Å². The first-order valence-corrected chi connectivity index (χ1v) is 5.50. The van der Waals surface area contributed by atoms with E-state index in [9.17, 15) is 32.9 Å². The molecule has 0 N–H and O–H groups in total. The predicted octanol–water partition coefficient (Wildman–Crippen LogP) is 1.44. The lowest BCUT2D eigenvalue weighted by Crippen LogP contribution is -2.28. The maximum Gasteiger partial charge on any atom is 0.418 e. The van der Waals surface area contributed by atoms with E-state index in [1.54, 1.807) is 0 Å². The van der Waals surface area contributed by atoms with E-state index in [-0.39, 0.29) is 6.07 Å². The van der Waals surface area contributed by atoms with Crippen LogP contribution in [0.3, 0.4) is 0 Å². The second-order valence-corrected chi connectivity index (χ2v) is 3.86. The molecule has 120 valence electrons. The van der Waals surface area contributed by atoms with Crippen LogP contribution in [-0.4, -0.2) is 36.1 Å². The Morgan fingerprint density at radius 3 is 2.14 bits per heavy atom. The number of methoxy groups -OCH3 is 2. The minimum Gasteiger partial charge on any atom is -0.468 e. The summed E-state index contributed by atoms with van der Waals surface area (Å²) in [5, 5.41) is 10.6. The maximum atomic E-state index is 13.0. The predicted molar refractivity (Wildman–Crippen MR) is 62.7 cm³/mol. The summed E-state index contributed by atoms with van der Waals surface area (Å²) in [6.45, 7) is 0. The van der Waals surface area contributed by atoms with E-state index >= 15 is 0 Å². The highest BCUT2D eigenvalue weighted by Gasteiger charge is 2.43. The number of carbonyl (C=O) groups is 2. The molecule has 0 saturated heterocycles. The fraction of sp³-hybridized carbons (Fsp3) is 0.364. The highest BCUT2D eigenvalue weighted by molar-refractivity contribution is 6.00. The summed E-state index contributed by atoms with van der Waals surface area (Å²) in [7, 11) is 1.72. The Morgan fingerprint density at radius 2 is 1.77 bits per heavy atom. The molecule has 0 bridgehead atoms. The van der Waals surface area contributed by atoms with Crippen LogP contribution in [0.2, 0.25) is 0 Å². The number of aromatic nitrogens is 1. The first-order chi connectivity index (χ1) is 10.1. The number of pyridine rings is 1. The Hall–Kier alpha value is -2.72. The maximum absolute atomic E-state index is 13.0. The minimum atomic E-state index is -5.07. The molecular formula is C11H9F3N2O6. The van der Waals surface area contributed by atoms with Crippen LogP contribution in [0.25, 0.3) is 0 Å². The van der Waals surface area contributed by atoms with Crippen LogP contribution >= 0.6 is 0 Å². The van der Waals surface area contributed by atoms with Crippen molar-refractivity contribution in [3.8, 4) is 0 Å². The molecule has 0 unspecified atom stereocenters. The van der Waals surface area contributed by atoms with Gasteiger partial charge in [0.2, 0.25) is 0 Å². The Morgan fingerprint density at radius 1 is 1.27 bits per heavy atom. The van der Waals surface area contributed by atoms with Crippen molar-refractivity contribution < 1.29 is 37.2 Å². The van der Waals surface area contributed by atoms with Gasteiger partial charge in [-0.05, 0) is 0 Å². The second-order valence-electron chi connectivity index (χ2n) is 3.86. The molecule has 0 aliphatic carbocycles. The van der Waals surface area contributed by atoms with Gasteiger partial charge in [-0.1, -0.05) is 0 Å². The molecule has 0 aliphatic heterocycles. The van der Waals surface area contributed by atoms with Crippen LogP contribution < -0.4 is 0 Å². The SMILES string of the molecule is COC(=O)C(C(=O)OC)c1ncc([N+](=O)[O-])cc1C(F)(F)F. The molecule has 1 aromatic heterocycles. The monoisotopic (exact) mass is 322 g/mol. The third-order valence-electron chi connectivity index (χ3n) is 2.57. The van der Waals surface area contributed by atoms with Gasteiger partial charge in [0.15, 0.2) is 5.92 Å². The average Bonchev–Trinajstić information content (AvgIpc) is 2.45. The topological polar surface area (TPSA) is 109 Å². The number of nitrogens with zero attached hydrogens (tertiary/aromatic N) is 2. The van der Waals surface area contributed by atoms with E-state index in [1.165, 1.54) is 0 Å². The number of halogens is 3. The number of rotatable bonds is 4. The van der Waals surface area contributed by atoms with Crippen molar-refractivity contribution in [3.05, 3.63) is 33.6 Å². The zero-order valence-corrected chi connectivity index (χ0v) is 11.2. The van der Waals surface area contributed by atoms with Crippen molar-refractivity contribution in [2.75, 3.05) is 14.2 Å². The highest BCUT2D eigenvalue weighted by atomic mass is 19.4. The standard InChI is InChI=1S/C11H9F3N2O6/c1-21-9(17)7(10(18)22-2)8-6(11(12,13)14)3-5(4-15-8)16(19)20/h3-4,7H,1-2H3. The zero-order chi connectivity index (χ0) is 17.1. The van der Waals surface area contributed by atoms with Gasteiger partial charge < -0.3 is 9.47 Å². The van der Waals surface area contributed by atoms with Crippen molar-refractivity contribution in [2.45, 2.75) is 12.1 Å². The molecule has 1 rings (SSSR count). The van der Waals surface area contributed by atoms with Gasteiger partial charge in [-0.2, -0.15) is 13.2 Å². The van der Waals surface area contributed by atoms with E-state index in [0.29, 0.717) is 6.20 Å². The van der Waals surface area contributed by atoms with Crippen molar-refractivity contribution in [1.82, 2.24) is 4.98 Å². The quantitative estimate of drug-likeness (QED) is 0.357. The smallest absolute Gasteiger partial charge is 0.418 e. The van der Waals surface area contributed by atoms with Crippen LogP contribution in [0.15, 0.2) is 12.3 Å². The van der Waals surface area contributed by atoms with Gasteiger partial charge in [-0.15, -0.1) is 0 Å². The fourth-order valence-corrected chi connectivity index (χ4v) is 1.58. The largest absolute Gasteiger partial charge is 0.468 e. The summed E-state index contributed by atoms with van der Waals surface area (Å²) in [5.41, 5.74) is -3.57. The fourth-order valence-electron chi connectivity index (χ4n) is 1.58. The molecule has 0 atom stereocenters. The summed E-state index contributed by atoms with van der Waals surface area (Å²) >= 11 is 0. The number of hydrogen-bond acceptors (Lipinski definition) is 7. The highest BCUT2D eigenvalue weighted by Crippen LogP contribution is 2.36. The van der Waals surface area contributed by atoms with Gasteiger partial charge in [0.05, 0.1) is 30.4 Å². The van der Waals surface area contributed by atoms with Crippen LogP contribution in [0.4, 0.5) is 18.9 Å². The normalized spacial score (nSPS) is 11.2. The summed E-state index contributed by atoms with van der Waals surface area (Å²) in [6.07, 6.45) is -4.57. The van der Waals surface area contributed by atoms with E-state index in [2.05, 4.69) is 14.5 Å². The lowest BCUT2D eigenvalue weighted by molar-refractivity contribution is -0.385. The number of esters is 2. The minimum absolute atomic E-state index is 0.182. The Balaban J connectivity index is 3.58. The van der Waals surface area contributed by atoms with E-state index < -0.39 is 45.9 Å². The van der Waals surface area contributed by atoms with Crippen LogP contribution in [-0.2, 0) is 25.2 Å². The van der Waals surface area contributed by atoms with Crippen molar-refractivity contribution in [1.29, 1.82) is 0 Å². The van der Waals surface area contributed by atoms with Gasteiger partial charge >= 0.3 is 18.1 Å². The van der Waals surface area contributed by atoms with Crippen LogP contribution in [0.5, 0.6) is 0 Å².